The zero-order valence-electron chi connectivity index (χ0n) is 12.6. The molecule has 0 aliphatic rings. The molecule has 0 saturated carbocycles. The SMILES string of the molecule is CCC(C)[C@H](NC(=O)NC(C(=O)OC)C(C)C)C(=O)O. The van der Waals surface area contributed by atoms with E-state index in [0.29, 0.717) is 6.42 Å². The largest absolute Gasteiger partial charge is 0.480 e. The summed E-state index contributed by atoms with van der Waals surface area (Å²) in [5.74, 6) is -2.05. The number of carbonyl (C=O) groups is 3. The van der Waals surface area contributed by atoms with E-state index in [0.717, 1.165) is 0 Å². The van der Waals surface area contributed by atoms with Crippen LogP contribution in [0.25, 0.3) is 0 Å². The van der Waals surface area contributed by atoms with Crippen LogP contribution in [0.2, 0.25) is 0 Å². The van der Waals surface area contributed by atoms with Crippen molar-refractivity contribution in [2.24, 2.45) is 11.8 Å². The molecule has 2 amide bonds. The van der Waals surface area contributed by atoms with Gasteiger partial charge in [0.05, 0.1) is 7.11 Å². The smallest absolute Gasteiger partial charge is 0.328 e. The number of hydrogen-bond acceptors (Lipinski definition) is 4. The van der Waals surface area contributed by atoms with E-state index in [2.05, 4.69) is 15.4 Å². The molecule has 7 heteroatoms. The van der Waals surface area contributed by atoms with Gasteiger partial charge in [-0.15, -0.1) is 0 Å². The number of rotatable bonds is 7. The number of aliphatic carboxylic acids is 1. The van der Waals surface area contributed by atoms with Gasteiger partial charge in [-0.25, -0.2) is 14.4 Å². The average Bonchev–Trinajstić information content (AvgIpc) is 2.39. The van der Waals surface area contributed by atoms with E-state index in [1.54, 1.807) is 20.8 Å². The first kappa shape index (κ1) is 18.2. The Labute approximate surface area is 119 Å². The molecule has 3 N–H and O–H groups in total. The third-order valence-electron chi connectivity index (χ3n) is 3.17. The maximum Gasteiger partial charge on any atom is 0.328 e. The van der Waals surface area contributed by atoms with Gasteiger partial charge >= 0.3 is 18.0 Å². The lowest BCUT2D eigenvalue weighted by molar-refractivity contribution is -0.144. The Hall–Kier alpha value is -1.79. The van der Waals surface area contributed by atoms with Crippen molar-refractivity contribution in [2.75, 3.05) is 7.11 Å². The fraction of sp³-hybridized carbons (Fsp3) is 0.769. The average molecular weight is 288 g/mol. The van der Waals surface area contributed by atoms with Crippen LogP contribution in [0.3, 0.4) is 0 Å². The third-order valence-corrected chi connectivity index (χ3v) is 3.17. The fourth-order valence-corrected chi connectivity index (χ4v) is 1.63. The summed E-state index contributed by atoms with van der Waals surface area (Å²) in [6.45, 7) is 7.08. The van der Waals surface area contributed by atoms with Crippen molar-refractivity contribution in [1.82, 2.24) is 10.6 Å². The molecule has 20 heavy (non-hydrogen) atoms. The van der Waals surface area contributed by atoms with Gasteiger partial charge in [0.25, 0.3) is 0 Å². The highest BCUT2D eigenvalue weighted by Gasteiger charge is 2.29. The number of carboxylic acids is 1. The van der Waals surface area contributed by atoms with E-state index in [-0.39, 0.29) is 11.8 Å². The van der Waals surface area contributed by atoms with Gasteiger partial charge in [0, 0.05) is 0 Å². The fourth-order valence-electron chi connectivity index (χ4n) is 1.63. The summed E-state index contributed by atoms with van der Waals surface area (Å²) >= 11 is 0. The molecule has 0 heterocycles. The second-order valence-corrected chi connectivity index (χ2v) is 5.06. The normalized spacial score (nSPS) is 15.1. The topological polar surface area (TPSA) is 105 Å². The summed E-state index contributed by atoms with van der Waals surface area (Å²) in [6.07, 6.45) is 0.613. The zero-order valence-corrected chi connectivity index (χ0v) is 12.6. The molecule has 0 aliphatic heterocycles. The number of carbonyl (C=O) groups excluding carboxylic acids is 2. The zero-order chi connectivity index (χ0) is 15.9. The first-order valence-corrected chi connectivity index (χ1v) is 6.62. The summed E-state index contributed by atoms with van der Waals surface area (Å²) in [7, 11) is 1.23. The number of methoxy groups -OCH3 is 1. The lowest BCUT2D eigenvalue weighted by atomic mass is 9.99. The van der Waals surface area contributed by atoms with Crippen LogP contribution in [0, 0.1) is 11.8 Å². The number of ether oxygens (including phenoxy) is 1. The van der Waals surface area contributed by atoms with Crippen LogP contribution >= 0.6 is 0 Å². The van der Waals surface area contributed by atoms with Crippen LogP contribution in [0.4, 0.5) is 4.79 Å². The second kappa shape index (κ2) is 8.39. The number of nitrogens with one attached hydrogen (secondary N) is 2. The predicted molar refractivity (Wildman–Crippen MR) is 73.2 cm³/mol. The molecular formula is C13H24N2O5. The minimum absolute atomic E-state index is 0.167. The highest BCUT2D eigenvalue weighted by Crippen LogP contribution is 2.08. The lowest BCUT2D eigenvalue weighted by Gasteiger charge is -2.24. The molecule has 0 bridgehead atoms. The van der Waals surface area contributed by atoms with Gasteiger partial charge in [0.1, 0.15) is 12.1 Å². The molecule has 0 saturated heterocycles. The quantitative estimate of drug-likeness (QED) is 0.606. The minimum atomic E-state index is -1.10. The number of amides is 2. The summed E-state index contributed by atoms with van der Waals surface area (Å²) < 4.78 is 4.60. The van der Waals surface area contributed by atoms with Crippen LogP contribution in [0.1, 0.15) is 34.1 Å². The van der Waals surface area contributed by atoms with Gasteiger partial charge in [-0.2, -0.15) is 0 Å². The summed E-state index contributed by atoms with van der Waals surface area (Å²) in [5, 5.41) is 13.9. The molecule has 0 aromatic heterocycles. The molecule has 0 spiro atoms. The maximum absolute atomic E-state index is 11.8. The highest BCUT2D eigenvalue weighted by atomic mass is 16.5. The highest BCUT2D eigenvalue weighted by molar-refractivity contribution is 5.86. The van der Waals surface area contributed by atoms with Crippen molar-refractivity contribution in [1.29, 1.82) is 0 Å². The van der Waals surface area contributed by atoms with Crippen LogP contribution < -0.4 is 10.6 Å². The second-order valence-electron chi connectivity index (χ2n) is 5.06. The van der Waals surface area contributed by atoms with E-state index in [1.807, 2.05) is 6.92 Å². The molecule has 7 nitrogen and oxygen atoms in total. The first-order valence-electron chi connectivity index (χ1n) is 6.62. The third kappa shape index (κ3) is 5.46. The van der Waals surface area contributed by atoms with Crippen LogP contribution in [0.5, 0.6) is 0 Å². The molecule has 0 rings (SSSR count). The number of esters is 1. The van der Waals surface area contributed by atoms with Crippen molar-refractivity contribution in [3.63, 3.8) is 0 Å². The van der Waals surface area contributed by atoms with Gasteiger partial charge in [-0.1, -0.05) is 34.1 Å². The number of urea groups is 1. The van der Waals surface area contributed by atoms with E-state index >= 15 is 0 Å². The van der Waals surface area contributed by atoms with Crippen LogP contribution in [0.15, 0.2) is 0 Å². The summed E-state index contributed by atoms with van der Waals surface area (Å²) in [5.41, 5.74) is 0. The summed E-state index contributed by atoms with van der Waals surface area (Å²) in [4.78, 5) is 34.4. The number of carboxylic acid groups (broad SMARTS) is 1. The van der Waals surface area contributed by atoms with Crippen LogP contribution in [-0.4, -0.2) is 42.3 Å². The van der Waals surface area contributed by atoms with Gasteiger partial charge in [-0.05, 0) is 11.8 Å². The van der Waals surface area contributed by atoms with Crippen LogP contribution in [-0.2, 0) is 14.3 Å². The van der Waals surface area contributed by atoms with E-state index < -0.39 is 30.1 Å². The molecule has 0 fully saturated rings. The summed E-state index contributed by atoms with van der Waals surface area (Å²) in [6, 6.07) is -2.50. The maximum atomic E-state index is 11.8. The van der Waals surface area contributed by atoms with E-state index in [9.17, 15) is 14.4 Å². The van der Waals surface area contributed by atoms with Crippen molar-refractivity contribution in [3.8, 4) is 0 Å². The Morgan fingerprint density at radius 2 is 1.60 bits per heavy atom. The molecule has 0 aromatic rings. The van der Waals surface area contributed by atoms with Gasteiger partial charge in [-0.3, -0.25) is 0 Å². The Morgan fingerprint density at radius 3 is 1.95 bits per heavy atom. The Balaban J connectivity index is 4.73. The molecule has 3 atom stereocenters. The first-order chi connectivity index (χ1) is 9.24. The van der Waals surface area contributed by atoms with Crippen molar-refractivity contribution >= 4 is 18.0 Å². The van der Waals surface area contributed by atoms with Crippen molar-refractivity contribution < 1.29 is 24.2 Å². The molecule has 0 radical (unpaired) electrons. The molecule has 0 aliphatic carbocycles. The Morgan fingerprint density at radius 1 is 1.10 bits per heavy atom. The van der Waals surface area contributed by atoms with E-state index in [4.69, 9.17) is 5.11 Å². The molecule has 0 aromatic carbocycles. The molecular weight excluding hydrogens is 264 g/mol. The monoisotopic (exact) mass is 288 g/mol. The van der Waals surface area contributed by atoms with Crippen molar-refractivity contribution in [3.05, 3.63) is 0 Å². The predicted octanol–water partition coefficient (Wildman–Crippen LogP) is 0.983. The number of hydrogen-bond donors (Lipinski definition) is 3. The van der Waals surface area contributed by atoms with Crippen molar-refractivity contribution in [2.45, 2.75) is 46.2 Å². The van der Waals surface area contributed by atoms with Gasteiger partial charge < -0.3 is 20.5 Å². The minimum Gasteiger partial charge on any atom is -0.480 e. The van der Waals surface area contributed by atoms with Gasteiger partial charge in [0.2, 0.25) is 0 Å². The Bertz CT molecular complexity index is 351. The molecule has 116 valence electrons. The standard InChI is InChI=1S/C13H24N2O5/c1-6-8(4)10(11(16)17)15-13(19)14-9(7(2)3)12(18)20-5/h7-10H,6H2,1-5H3,(H,16,17)(H2,14,15,19)/t8?,9?,10-/m0/s1. The molecule has 2 unspecified atom stereocenters. The van der Waals surface area contributed by atoms with E-state index in [1.165, 1.54) is 7.11 Å². The lowest BCUT2D eigenvalue weighted by Crippen LogP contribution is -2.54. The Kier molecular flexibility index (Phi) is 7.64. The van der Waals surface area contributed by atoms with Gasteiger partial charge in [0.15, 0.2) is 0 Å².